The zero-order valence-corrected chi connectivity index (χ0v) is 10.2. The number of halogens is 1. The molecule has 1 aromatic heterocycles. The Morgan fingerprint density at radius 1 is 1.61 bits per heavy atom. The Kier molecular flexibility index (Phi) is 3.65. The van der Waals surface area contributed by atoms with Gasteiger partial charge in [-0.15, -0.1) is 0 Å². The van der Waals surface area contributed by atoms with Crippen LogP contribution in [0.4, 0.5) is 11.4 Å². The number of hydrogen-bond donors (Lipinski definition) is 3. The Morgan fingerprint density at radius 3 is 2.89 bits per heavy atom. The fraction of sp³-hybridized carbons (Fsp3) is 0.500. The first-order valence-electron chi connectivity index (χ1n) is 5.47. The number of nitro groups is 1. The summed E-state index contributed by atoms with van der Waals surface area (Å²) in [5.74, 6) is 0. The minimum absolute atomic E-state index is 0.104. The molecular weight excluding hydrogens is 260 g/mol. The summed E-state index contributed by atoms with van der Waals surface area (Å²) in [6, 6.07) is 0.988. The predicted molar refractivity (Wildman–Crippen MR) is 66.5 cm³/mol. The van der Waals surface area contributed by atoms with Crippen LogP contribution in [0.5, 0.6) is 0 Å². The standard InChI is InChI=1S/C10H13ClN4O3/c11-10-3-7(8(4-13-10)15(17)18)14-5-1-6(12)9(16)2-5/h3-6,9,16H,1-2,12H2,(H,13,14)/t5-,6-,9-/m0/s1. The van der Waals surface area contributed by atoms with Crippen LogP contribution in [0.1, 0.15) is 12.8 Å². The fourth-order valence-electron chi connectivity index (χ4n) is 2.07. The van der Waals surface area contributed by atoms with Crippen molar-refractivity contribution in [1.29, 1.82) is 0 Å². The van der Waals surface area contributed by atoms with Crippen LogP contribution in [-0.2, 0) is 0 Å². The molecule has 0 unspecified atom stereocenters. The topological polar surface area (TPSA) is 114 Å². The summed E-state index contributed by atoms with van der Waals surface area (Å²) in [6.45, 7) is 0. The average molecular weight is 273 g/mol. The largest absolute Gasteiger partial charge is 0.391 e. The van der Waals surface area contributed by atoms with Gasteiger partial charge in [0.05, 0.1) is 11.0 Å². The Bertz CT molecular complexity index is 460. The average Bonchev–Trinajstić information content (AvgIpc) is 2.57. The molecule has 1 aliphatic rings. The van der Waals surface area contributed by atoms with E-state index in [1.807, 2.05) is 0 Å². The van der Waals surface area contributed by atoms with Crippen molar-refractivity contribution in [3.63, 3.8) is 0 Å². The normalized spacial score (nSPS) is 27.2. The summed E-state index contributed by atoms with van der Waals surface area (Å²) in [5, 5.41) is 23.5. The Labute approximate surface area is 108 Å². The highest BCUT2D eigenvalue weighted by Crippen LogP contribution is 2.29. The molecule has 0 saturated heterocycles. The number of nitrogens with zero attached hydrogens (tertiary/aromatic N) is 2. The lowest BCUT2D eigenvalue weighted by atomic mass is 10.2. The minimum atomic E-state index is -0.584. The van der Waals surface area contributed by atoms with E-state index in [0.29, 0.717) is 18.5 Å². The molecule has 1 aliphatic carbocycles. The number of pyridine rings is 1. The van der Waals surface area contributed by atoms with E-state index < -0.39 is 11.0 Å². The van der Waals surface area contributed by atoms with Crippen LogP contribution in [0.15, 0.2) is 12.3 Å². The maximum absolute atomic E-state index is 10.8. The number of aliphatic hydroxyl groups is 1. The second kappa shape index (κ2) is 5.05. The predicted octanol–water partition coefficient (Wildman–Crippen LogP) is 0.906. The zero-order valence-electron chi connectivity index (χ0n) is 9.41. The quantitative estimate of drug-likeness (QED) is 0.428. The molecule has 8 heteroatoms. The van der Waals surface area contributed by atoms with E-state index >= 15 is 0 Å². The van der Waals surface area contributed by atoms with E-state index in [9.17, 15) is 15.2 Å². The summed E-state index contributed by atoms with van der Waals surface area (Å²) in [4.78, 5) is 14.0. The van der Waals surface area contributed by atoms with Gasteiger partial charge in [-0.1, -0.05) is 11.6 Å². The van der Waals surface area contributed by atoms with Crippen molar-refractivity contribution >= 4 is 23.0 Å². The molecular formula is C10H13ClN4O3. The molecule has 7 nitrogen and oxygen atoms in total. The molecule has 0 aliphatic heterocycles. The molecule has 1 saturated carbocycles. The Hall–Kier alpha value is -1.44. The van der Waals surface area contributed by atoms with Gasteiger partial charge in [0.2, 0.25) is 0 Å². The first kappa shape index (κ1) is 13.0. The molecule has 2 rings (SSSR count). The molecule has 98 valence electrons. The summed E-state index contributed by atoms with van der Waals surface area (Å²) >= 11 is 5.72. The molecule has 0 aromatic carbocycles. The van der Waals surface area contributed by atoms with Gasteiger partial charge in [-0.3, -0.25) is 10.1 Å². The molecule has 1 fully saturated rings. The molecule has 3 atom stereocenters. The molecule has 1 heterocycles. The van der Waals surface area contributed by atoms with Gasteiger partial charge >= 0.3 is 5.69 Å². The lowest BCUT2D eigenvalue weighted by Crippen LogP contribution is -2.28. The first-order valence-corrected chi connectivity index (χ1v) is 5.85. The number of hydrogen-bond acceptors (Lipinski definition) is 6. The van der Waals surface area contributed by atoms with Crippen LogP contribution in [0.2, 0.25) is 5.15 Å². The Balaban J connectivity index is 2.18. The lowest BCUT2D eigenvalue weighted by molar-refractivity contribution is -0.384. The van der Waals surface area contributed by atoms with Crippen molar-refractivity contribution in [2.45, 2.75) is 31.0 Å². The summed E-state index contributed by atoms with van der Waals surface area (Å²) in [7, 11) is 0. The van der Waals surface area contributed by atoms with Crippen LogP contribution in [0.25, 0.3) is 0 Å². The molecule has 0 spiro atoms. The third-order valence-electron chi connectivity index (χ3n) is 2.98. The van der Waals surface area contributed by atoms with E-state index in [0.717, 1.165) is 6.20 Å². The van der Waals surface area contributed by atoms with E-state index in [-0.39, 0.29) is 22.9 Å². The van der Waals surface area contributed by atoms with Gasteiger partial charge < -0.3 is 16.2 Å². The number of anilines is 1. The van der Waals surface area contributed by atoms with Crippen LogP contribution < -0.4 is 11.1 Å². The molecule has 0 radical (unpaired) electrons. The van der Waals surface area contributed by atoms with Crippen molar-refractivity contribution in [2.75, 3.05) is 5.32 Å². The van der Waals surface area contributed by atoms with Crippen LogP contribution >= 0.6 is 11.6 Å². The molecule has 1 aromatic rings. The van der Waals surface area contributed by atoms with Crippen molar-refractivity contribution in [3.8, 4) is 0 Å². The third-order valence-corrected chi connectivity index (χ3v) is 3.19. The third kappa shape index (κ3) is 2.69. The summed E-state index contributed by atoms with van der Waals surface area (Å²) in [6.07, 6.45) is 1.53. The van der Waals surface area contributed by atoms with Crippen molar-refractivity contribution < 1.29 is 10.0 Å². The highest BCUT2D eigenvalue weighted by molar-refractivity contribution is 6.29. The number of rotatable bonds is 3. The van der Waals surface area contributed by atoms with Crippen molar-refractivity contribution in [3.05, 3.63) is 27.5 Å². The SMILES string of the molecule is N[C@H]1C[C@H](Nc2cc(Cl)ncc2[N+](=O)[O-])C[C@@H]1O. The van der Waals surface area contributed by atoms with E-state index in [1.54, 1.807) is 0 Å². The zero-order chi connectivity index (χ0) is 13.3. The van der Waals surface area contributed by atoms with E-state index in [1.165, 1.54) is 6.07 Å². The maximum Gasteiger partial charge on any atom is 0.310 e. The van der Waals surface area contributed by atoms with Gasteiger partial charge in [0.15, 0.2) is 0 Å². The lowest BCUT2D eigenvalue weighted by Gasteiger charge is -2.13. The van der Waals surface area contributed by atoms with Crippen molar-refractivity contribution in [1.82, 2.24) is 4.98 Å². The number of aliphatic hydroxyl groups excluding tert-OH is 1. The van der Waals surface area contributed by atoms with Crippen LogP contribution in [-0.4, -0.2) is 33.2 Å². The summed E-state index contributed by atoms with van der Waals surface area (Å²) < 4.78 is 0. The number of aromatic nitrogens is 1. The van der Waals surface area contributed by atoms with Gasteiger partial charge in [-0.2, -0.15) is 0 Å². The Morgan fingerprint density at radius 2 is 2.33 bits per heavy atom. The molecule has 4 N–H and O–H groups in total. The van der Waals surface area contributed by atoms with Gasteiger partial charge in [0.25, 0.3) is 0 Å². The number of nitrogens with one attached hydrogen (secondary N) is 1. The second-order valence-electron chi connectivity index (χ2n) is 4.33. The highest BCUT2D eigenvalue weighted by Gasteiger charge is 2.31. The van der Waals surface area contributed by atoms with Crippen LogP contribution in [0, 0.1) is 10.1 Å². The van der Waals surface area contributed by atoms with Crippen molar-refractivity contribution in [2.24, 2.45) is 5.73 Å². The van der Waals surface area contributed by atoms with Gasteiger partial charge in [-0.25, -0.2) is 4.98 Å². The second-order valence-corrected chi connectivity index (χ2v) is 4.71. The smallest absolute Gasteiger partial charge is 0.310 e. The minimum Gasteiger partial charge on any atom is -0.391 e. The van der Waals surface area contributed by atoms with Gasteiger partial charge in [-0.05, 0) is 12.8 Å². The number of nitrogens with two attached hydrogens (primary N) is 1. The molecule has 0 amide bonds. The van der Waals surface area contributed by atoms with Gasteiger partial charge in [0.1, 0.15) is 17.0 Å². The molecule has 18 heavy (non-hydrogen) atoms. The van der Waals surface area contributed by atoms with E-state index in [2.05, 4.69) is 10.3 Å². The van der Waals surface area contributed by atoms with Crippen LogP contribution in [0.3, 0.4) is 0 Å². The maximum atomic E-state index is 10.8. The monoisotopic (exact) mass is 272 g/mol. The molecule has 0 bridgehead atoms. The van der Waals surface area contributed by atoms with Gasteiger partial charge in [0, 0.05) is 18.2 Å². The highest BCUT2D eigenvalue weighted by atomic mass is 35.5. The summed E-state index contributed by atoms with van der Waals surface area (Å²) in [5.41, 5.74) is 5.84. The fourth-order valence-corrected chi connectivity index (χ4v) is 2.23. The first-order chi connectivity index (χ1) is 8.47. The van der Waals surface area contributed by atoms with E-state index in [4.69, 9.17) is 17.3 Å².